The van der Waals surface area contributed by atoms with Crippen molar-refractivity contribution in [3.8, 4) is 23.6 Å². The van der Waals surface area contributed by atoms with Gasteiger partial charge in [0, 0.05) is 16.5 Å². The van der Waals surface area contributed by atoms with Gasteiger partial charge in [-0.05, 0) is 102 Å². The van der Waals surface area contributed by atoms with Crippen LogP contribution in [0.4, 0.5) is 0 Å². The number of fused-ring (bicyclic) bond motifs is 3. The molecule has 298 valence electrons. The largest absolute Gasteiger partial charge is 0.497 e. The maximum atomic E-state index is 9.89. The van der Waals surface area contributed by atoms with Gasteiger partial charge < -0.3 is 9.30 Å². The fourth-order valence-corrected chi connectivity index (χ4v) is 19.3. The van der Waals surface area contributed by atoms with Crippen LogP contribution in [0.5, 0.6) is 5.75 Å². The van der Waals surface area contributed by atoms with Gasteiger partial charge in [0.2, 0.25) is 0 Å². The van der Waals surface area contributed by atoms with Crippen LogP contribution in [-0.2, 0) is 0 Å². The molecule has 0 aliphatic carbocycles. The minimum absolute atomic E-state index is 0.639. The number of nitriles is 2. The summed E-state index contributed by atoms with van der Waals surface area (Å²) in [5.41, 5.74) is 4.52. The second kappa shape index (κ2) is 16.5. The van der Waals surface area contributed by atoms with E-state index in [1.165, 1.54) is 41.5 Å². The molecule has 10 aromatic rings. The number of methoxy groups -OCH3 is 1. The number of benzene rings is 9. The molecule has 0 aliphatic rings. The molecule has 0 spiro atoms. The highest BCUT2D eigenvalue weighted by Crippen LogP contribution is 2.33. The van der Waals surface area contributed by atoms with Crippen LogP contribution in [0.1, 0.15) is 11.1 Å². The molecule has 0 fully saturated rings. The van der Waals surface area contributed by atoms with E-state index in [1.807, 2.05) is 36.4 Å². The highest BCUT2D eigenvalue weighted by Gasteiger charge is 2.43. The van der Waals surface area contributed by atoms with Gasteiger partial charge >= 0.3 is 0 Å². The van der Waals surface area contributed by atoms with Crippen LogP contribution in [-0.4, -0.2) is 27.8 Å². The molecule has 1 heterocycles. The minimum Gasteiger partial charge on any atom is -0.497 e. The fraction of sp³-hybridized carbons (Fsp3) is 0.0175. The maximum absolute atomic E-state index is 9.89. The Labute approximate surface area is 369 Å². The number of hydrogen-bond acceptors (Lipinski definition) is 3. The van der Waals surface area contributed by atoms with Gasteiger partial charge in [-0.1, -0.05) is 170 Å². The molecular formula is C57H41N3OSi2. The molecule has 0 saturated heterocycles. The second-order valence-electron chi connectivity index (χ2n) is 15.8. The molecule has 9 aromatic carbocycles. The summed E-state index contributed by atoms with van der Waals surface area (Å²) in [6, 6.07) is 87.5. The third-order valence-electron chi connectivity index (χ3n) is 12.7. The van der Waals surface area contributed by atoms with Gasteiger partial charge in [-0.15, -0.1) is 0 Å². The van der Waals surface area contributed by atoms with Crippen LogP contribution < -0.4 is 46.2 Å². The smallest absolute Gasteiger partial charge is 0.179 e. The summed E-state index contributed by atoms with van der Waals surface area (Å²) in [5, 5.41) is 32.1. The number of ether oxygens (including phenoxy) is 1. The highest BCUT2D eigenvalue weighted by molar-refractivity contribution is 7.20. The first-order valence-corrected chi connectivity index (χ1v) is 25.1. The summed E-state index contributed by atoms with van der Waals surface area (Å²) in [7, 11) is -4.29. The van der Waals surface area contributed by atoms with Crippen molar-refractivity contribution in [2.24, 2.45) is 0 Å². The van der Waals surface area contributed by atoms with E-state index in [0.29, 0.717) is 11.1 Å². The summed E-state index contributed by atoms with van der Waals surface area (Å²) < 4.78 is 7.99. The van der Waals surface area contributed by atoms with Crippen LogP contribution in [0.2, 0.25) is 0 Å². The highest BCUT2D eigenvalue weighted by atomic mass is 28.3. The number of nitrogens with zero attached hydrogens (tertiary/aromatic N) is 3. The first-order chi connectivity index (χ1) is 31.1. The van der Waals surface area contributed by atoms with Gasteiger partial charge in [0.05, 0.1) is 41.4 Å². The van der Waals surface area contributed by atoms with Crippen molar-refractivity contribution in [3.05, 3.63) is 242 Å². The fourth-order valence-electron chi connectivity index (χ4n) is 9.84. The minimum atomic E-state index is -2.99. The van der Waals surface area contributed by atoms with Gasteiger partial charge in [-0.25, -0.2) is 0 Å². The van der Waals surface area contributed by atoms with Gasteiger partial charge in [0.1, 0.15) is 5.75 Å². The molecule has 4 nitrogen and oxygen atoms in total. The van der Waals surface area contributed by atoms with Crippen molar-refractivity contribution >= 4 is 79.4 Å². The predicted molar refractivity (Wildman–Crippen MR) is 264 cm³/mol. The Morgan fingerprint density at radius 1 is 0.365 bits per heavy atom. The van der Waals surface area contributed by atoms with Crippen LogP contribution in [0.25, 0.3) is 27.5 Å². The molecule has 0 unspecified atom stereocenters. The van der Waals surface area contributed by atoms with Gasteiger partial charge in [0.15, 0.2) is 16.1 Å². The van der Waals surface area contributed by atoms with Gasteiger partial charge in [-0.3, -0.25) is 0 Å². The van der Waals surface area contributed by atoms with E-state index in [0.717, 1.165) is 33.2 Å². The Bertz CT molecular complexity index is 3020. The zero-order chi connectivity index (χ0) is 42.8. The van der Waals surface area contributed by atoms with Crippen LogP contribution in [0.3, 0.4) is 0 Å². The molecular weight excluding hydrogens is 799 g/mol. The summed E-state index contributed by atoms with van der Waals surface area (Å²) in [6.45, 7) is 0. The monoisotopic (exact) mass is 839 g/mol. The quantitative estimate of drug-likeness (QED) is 0.108. The standard InChI is InChI=1S/C57H41N3OSi2/c1-61-45-28-26-44(27-29-45)60-56-36-34-52(62(46-14-6-2-7-15-46,47-16-8-3-9-17-47)50-30-22-42(40-58)23-31-50)38-54(56)55-39-53(35-37-57(55)60)63(48-18-10-4-11-19-48,49-20-12-5-13-21-49)51-32-24-43(41-59)25-33-51/h2-39H,1H3. The Morgan fingerprint density at radius 3 is 1.00 bits per heavy atom. The molecule has 0 N–H and O–H groups in total. The second-order valence-corrected chi connectivity index (χ2v) is 23.5. The zero-order valence-electron chi connectivity index (χ0n) is 34.7. The molecule has 10 rings (SSSR count). The van der Waals surface area contributed by atoms with Gasteiger partial charge in [-0.2, -0.15) is 10.5 Å². The summed E-state index contributed by atoms with van der Waals surface area (Å²) >= 11 is 0. The van der Waals surface area contributed by atoms with E-state index in [-0.39, 0.29) is 0 Å². The van der Waals surface area contributed by atoms with Crippen molar-refractivity contribution in [3.63, 3.8) is 0 Å². The zero-order valence-corrected chi connectivity index (χ0v) is 36.7. The lowest BCUT2D eigenvalue weighted by molar-refractivity contribution is 0.415. The van der Waals surface area contributed by atoms with E-state index in [4.69, 9.17) is 4.74 Å². The summed E-state index contributed by atoms with van der Waals surface area (Å²) in [6.07, 6.45) is 0. The van der Waals surface area contributed by atoms with Crippen molar-refractivity contribution < 1.29 is 4.74 Å². The third-order valence-corrected chi connectivity index (χ3v) is 22.2. The Morgan fingerprint density at radius 2 is 0.683 bits per heavy atom. The van der Waals surface area contributed by atoms with Crippen molar-refractivity contribution in [2.75, 3.05) is 7.11 Å². The first-order valence-electron chi connectivity index (χ1n) is 21.1. The Hall–Kier alpha value is -8.01. The average molecular weight is 840 g/mol. The molecule has 0 atom stereocenters. The van der Waals surface area contributed by atoms with E-state index < -0.39 is 16.1 Å². The SMILES string of the molecule is COc1ccc(-n2c3ccc([Si](c4ccccc4)(c4ccccc4)c4ccc(C#N)cc4)cc3c3cc([Si](c4ccccc4)(c4ccccc4)c4ccc(C#N)cc4)ccc32)cc1. The maximum Gasteiger partial charge on any atom is 0.179 e. The molecule has 1 aromatic heterocycles. The van der Waals surface area contributed by atoms with E-state index in [2.05, 4.69) is 211 Å². The number of rotatable bonds is 10. The number of hydrogen-bond donors (Lipinski definition) is 0. The lowest BCUT2D eigenvalue weighted by Crippen LogP contribution is -2.74. The Kier molecular flexibility index (Phi) is 10.2. The van der Waals surface area contributed by atoms with E-state index in [1.54, 1.807) is 7.11 Å². The van der Waals surface area contributed by atoms with E-state index in [9.17, 15) is 10.5 Å². The normalized spacial score (nSPS) is 11.5. The van der Waals surface area contributed by atoms with Crippen LogP contribution in [0.15, 0.2) is 231 Å². The van der Waals surface area contributed by atoms with Gasteiger partial charge in [0.25, 0.3) is 0 Å². The van der Waals surface area contributed by atoms with E-state index >= 15 is 0 Å². The van der Waals surface area contributed by atoms with Crippen LogP contribution in [0, 0.1) is 22.7 Å². The predicted octanol–water partition coefficient (Wildman–Crippen LogP) is 7.29. The van der Waals surface area contributed by atoms with Crippen molar-refractivity contribution in [1.82, 2.24) is 4.57 Å². The third kappa shape index (κ3) is 6.49. The molecule has 63 heavy (non-hydrogen) atoms. The number of aromatic nitrogens is 1. The molecule has 0 amide bonds. The molecule has 0 saturated carbocycles. The molecule has 6 heteroatoms. The average Bonchev–Trinajstić information content (AvgIpc) is 3.69. The molecule has 0 radical (unpaired) electrons. The summed E-state index contributed by atoms with van der Waals surface area (Å²) in [5.74, 6) is 0.803. The van der Waals surface area contributed by atoms with Crippen LogP contribution >= 0.6 is 0 Å². The van der Waals surface area contributed by atoms with Crippen molar-refractivity contribution in [2.45, 2.75) is 0 Å². The molecule has 0 bridgehead atoms. The topological polar surface area (TPSA) is 61.7 Å². The molecule has 0 aliphatic heterocycles. The van der Waals surface area contributed by atoms with Crippen molar-refractivity contribution in [1.29, 1.82) is 10.5 Å². The summed E-state index contributed by atoms with van der Waals surface area (Å²) in [4.78, 5) is 0. The Balaban J connectivity index is 1.34. The first kappa shape index (κ1) is 39.1. The lowest BCUT2D eigenvalue weighted by Gasteiger charge is -2.35. The lowest BCUT2D eigenvalue weighted by atomic mass is 10.1.